The molecule has 2 atom stereocenters. The van der Waals surface area contributed by atoms with Gasteiger partial charge < -0.3 is 20.3 Å². The van der Waals surface area contributed by atoms with Gasteiger partial charge in [-0.15, -0.1) is 0 Å². The topological polar surface area (TPSA) is 95.9 Å². The number of carbonyl (C=O) groups is 2. The van der Waals surface area contributed by atoms with Crippen molar-refractivity contribution in [2.75, 3.05) is 13.2 Å². The molecular weight excluding hydrogens is 995 g/mol. The van der Waals surface area contributed by atoms with E-state index in [0.717, 1.165) is 44.9 Å². The number of allylic oxidation sites excluding steroid dienone is 5. The third-order valence-corrected chi connectivity index (χ3v) is 17.2. The van der Waals surface area contributed by atoms with Crippen LogP contribution in [0.5, 0.6) is 0 Å². The van der Waals surface area contributed by atoms with Crippen LogP contribution in [0.15, 0.2) is 36.5 Å². The predicted octanol–water partition coefficient (Wildman–Crippen LogP) is 23.9. The molecule has 0 radical (unpaired) electrons. The van der Waals surface area contributed by atoms with Crippen molar-refractivity contribution >= 4 is 11.9 Å². The van der Waals surface area contributed by atoms with Crippen molar-refractivity contribution in [1.82, 2.24) is 5.32 Å². The second-order valence-electron chi connectivity index (χ2n) is 25.3. The Kier molecular flexibility index (Phi) is 68.9. The highest BCUT2D eigenvalue weighted by atomic mass is 16.5. The van der Waals surface area contributed by atoms with Gasteiger partial charge in [0, 0.05) is 12.8 Å². The summed E-state index contributed by atoms with van der Waals surface area (Å²) in [6, 6.07) is -0.626. The number of carbonyl (C=O) groups excluding carboxylic acids is 2. The molecule has 0 heterocycles. The summed E-state index contributed by atoms with van der Waals surface area (Å²) in [5, 5.41) is 23.2. The van der Waals surface area contributed by atoms with Gasteiger partial charge in [-0.25, -0.2) is 0 Å². The van der Waals surface area contributed by atoms with Gasteiger partial charge in [-0.3, -0.25) is 9.59 Å². The average molecular weight is 1140 g/mol. The summed E-state index contributed by atoms with van der Waals surface area (Å²) < 4.78 is 5.49. The van der Waals surface area contributed by atoms with E-state index in [1.54, 1.807) is 6.08 Å². The maximum Gasteiger partial charge on any atom is 0.305 e. The molecule has 0 rings (SSSR count). The van der Waals surface area contributed by atoms with Crippen molar-refractivity contribution in [2.45, 2.75) is 418 Å². The quantitative estimate of drug-likeness (QED) is 0.0320. The molecule has 3 N–H and O–H groups in total. The van der Waals surface area contributed by atoms with E-state index in [9.17, 15) is 19.8 Å². The van der Waals surface area contributed by atoms with Crippen LogP contribution < -0.4 is 5.32 Å². The lowest BCUT2D eigenvalue weighted by molar-refractivity contribution is -0.143. The maximum absolute atomic E-state index is 12.5. The van der Waals surface area contributed by atoms with Gasteiger partial charge in [0.05, 0.1) is 25.4 Å². The number of nitrogens with one attached hydrogen (secondary N) is 1. The molecule has 0 saturated carbocycles. The van der Waals surface area contributed by atoms with Gasteiger partial charge in [-0.05, 0) is 64.2 Å². The number of unbranched alkanes of at least 4 members (excludes halogenated alkanes) is 54. The number of aliphatic hydroxyl groups excluding tert-OH is 2. The maximum atomic E-state index is 12.5. The molecule has 2 unspecified atom stereocenters. The van der Waals surface area contributed by atoms with Crippen LogP contribution in [0.25, 0.3) is 0 Å². The lowest BCUT2D eigenvalue weighted by atomic mass is 10.0. The van der Waals surface area contributed by atoms with Crippen molar-refractivity contribution < 1.29 is 24.5 Å². The van der Waals surface area contributed by atoms with Crippen molar-refractivity contribution in [1.29, 1.82) is 0 Å². The zero-order chi connectivity index (χ0) is 58.5. The normalized spacial score (nSPS) is 12.7. The van der Waals surface area contributed by atoms with E-state index >= 15 is 0 Å². The van der Waals surface area contributed by atoms with Gasteiger partial charge in [-0.2, -0.15) is 0 Å². The van der Waals surface area contributed by atoms with Gasteiger partial charge in [0.25, 0.3) is 0 Å². The molecule has 0 aliphatic carbocycles. The van der Waals surface area contributed by atoms with Gasteiger partial charge in [0.1, 0.15) is 0 Å². The molecule has 0 aromatic heterocycles. The molecule has 0 fully saturated rings. The summed E-state index contributed by atoms with van der Waals surface area (Å²) in [6.07, 6.45) is 91.0. The van der Waals surface area contributed by atoms with E-state index in [0.29, 0.717) is 19.4 Å². The van der Waals surface area contributed by atoms with Crippen molar-refractivity contribution in [3.05, 3.63) is 36.5 Å². The van der Waals surface area contributed by atoms with E-state index < -0.39 is 12.1 Å². The first-order valence-electron chi connectivity index (χ1n) is 36.8. The monoisotopic (exact) mass is 1140 g/mol. The fraction of sp³-hybridized carbons (Fsp3) is 0.893. The Bertz CT molecular complexity index is 1310. The smallest absolute Gasteiger partial charge is 0.305 e. The number of amides is 1. The van der Waals surface area contributed by atoms with E-state index in [1.165, 1.54) is 334 Å². The molecule has 0 aliphatic rings. The molecule has 6 heteroatoms. The van der Waals surface area contributed by atoms with Crippen LogP contribution in [0.1, 0.15) is 406 Å². The Morgan fingerprint density at radius 1 is 0.346 bits per heavy atom. The summed E-state index contributed by atoms with van der Waals surface area (Å²) in [6.45, 7) is 4.94. The highest BCUT2D eigenvalue weighted by Gasteiger charge is 2.18. The van der Waals surface area contributed by atoms with E-state index in [2.05, 4.69) is 43.5 Å². The molecule has 0 aliphatic heterocycles. The van der Waals surface area contributed by atoms with Crippen LogP contribution in [0.2, 0.25) is 0 Å². The Labute approximate surface area is 506 Å². The first kappa shape index (κ1) is 79.1. The summed E-state index contributed by atoms with van der Waals surface area (Å²) in [5.74, 6) is -0.0440. The SMILES string of the molecule is CCCCCCCCCCCCCCC/C=C/C(O)C(CO)NC(=O)CCCCCCCCCCCCCCCCCCC/C=C\C/C=C\CCCCCCCCCCCCCOC(=O)CCCCCCCCCCCCCCCC. The Balaban J connectivity index is 3.37. The summed E-state index contributed by atoms with van der Waals surface area (Å²) >= 11 is 0. The Morgan fingerprint density at radius 3 is 0.938 bits per heavy atom. The molecule has 0 aromatic rings. The number of rotatable bonds is 69. The number of hydrogen-bond donors (Lipinski definition) is 3. The minimum atomic E-state index is -0.843. The highest BCUT2D eigenvalue weighted by molar-refractivity contribution is 5.76. The van der Waals surface area contributed by atoms with Crippen LogP contribution in [0.3, 0.4) is 0 Å². The first-order valence-corrected chi connectivity index (χ1v) is 36.8. The zero-order valence-corrected chi connectivity index (χ0v) is 54.8. The van der Waals surface area contributed by atoms with Crippen LogP contribution in [-0.2, 0) is 14.3 Å². The third kappa shape index (κ3) is 67.1. The molecule has 478 valence electrons. The highest BCUT2D eigenvalue weighted by Crippen LogP contribution is 2.19. The molecule has 0 saturated heterocycles. The fourth-order valence-electron chi connectivity index (χ4n) is 11.6. The number of aliphatic hydroxyl groups is 2. The fourth-order valence-corrected chi connectivity index (χ4v) is 11.6. The molecule has 0 aromatic carbocycles. The molecule has 6 nitrogen and oxygen atoms in total. The zero-order valence-electron chi connectivity index (χ0n) is 54.8. The minimum absolute atomic E-state index is 0.0193. The van der Waals surface area contributed by atoms with E-state index in [-0.39, 0.29) is 18.5 Å². The van der Waals surface area contributed by atoms with Crippen LogP contribution >= 0.6 is 0 Å². The summed E-state index contributed by atoms with van der Waals surface area (Å²) in [4.78, 5) is 24.6. The average Bonchev–Trinajstić information content (AvgIpc) is 3.47. The van der Waals surface area contributed by atoms with Gasteiger partial charge in [0.2, 0.25) is 5.91 Å². The van der Waals surface area contributed by atoms with E-state index in [1.807, 2.05) is 6.08 Å². The number of esters is 1. The van der Waals surface area contributed by atoms with Crippen LogP contribution in [0, 0.1) is 0 Å². The van der Waals surface area contributed by atoms with Crippen molar-refractivity contribution in [3.8, 4) is 0 Å². The van der Waals surface area contributed by atoms with E-state index in [4.69, 9.17) is 4.74 Å². The van der Waals surface area contributed by atoms with Gasteiger partial charge >= 0.3 is 5.97 Å². The molecular formula is C75H143NO5. The minimum Gasteiger partial charge on any atom is -0.466 e. The molecule has 0 spiro atoms. The summed E-state index contributed by atoms with van der Waals surface area (Å²) in [5.41, 5.74) is 0. The van der Waals surface area contributed by atoms with Crippen molar-refractivity contribution in [2.24, 2.45) is 0 Å². The summed E-state index contributed by atoms with van der Waals surface area (Å²) in [7, 11) is 0. The largest absolute Gasteiger partial charge is 0.466 e. The molecule has 0 bridgehead atoms. The molecule has 1 amide bonds. The second-order valence-corrected chi connectivity index (χ2v) is 25.3. The standard InChI is InChI=1S/C75H143NO5/c1-3-5-7-9-11-13-15-17-40-43-47-51-55-59-63-67-73(78)72(71-77)76-74(79)68-64-60-56-52-48-44-41-38-36-34-32-30-28-26-24-22-20-19-21-23-25-27-29-31-33-35-37-39-42-46-50-54-58-62-66-70-81-75(80)69-65-61-57-53-49-45-18-16-14-12-10-8-6-4-2/h21,23,27,29,63,67,72-73,77-78H,3-20,22,24-26,28,30-62,64-66,68-71H2,1-2H3,(H,76,79)/b23-21-,29-27-,67-63+. The second kappa shape index (κ2) is 70.6. The Morgan fingerprint density at radius 2 is 0.617 bits per heavy atom. The van der Waals surface area contributed by atoms with Gasteiger partial charge in [0.15, 0.2) is 0 Å². The van der Waals surface area contributed by atoms with Crippen LogP contribution in [-0.4, -0.2) is 47.4 Å². The lowest BCUT2D eigenvalue weighted by Crippen LogP contribution is -2.45. The third-order valence-electron chi connectivity index (χ3n) is 17.2. The lowest BCUT2D eigenvalue weighted by Gasteiger charge is -2.20. The van der Waals surface area contributed by atoms with Gasteiger partial charge in [-0.1, -0.05) is 365 Å². The van der Waals surface area contributed by atoms with Crippen molar-refractivity contribution in [3.63, 3.8) is 0 Å². The number of ether oxygens (including phenoxy) is 1. The Hall–Kier alpha value is -1.92. The first-order chi connectivity index (χ1) is 40.0. The molecule has 81 heavy (non-hydrogen) atoms. The van der Waals surface area contributed by atoms with Crippen LogP contribution in [0.4, 0.5) is 0 Å². The number of hydrogen-bond acceptors (Lipinski definition) is 5. The predicted molar refractivity (Wildman–Crippen MR) is 356 cm³/mol.